The Morgan fingerprint density at radius 2 is 1.92 bits per heavy atom. The van der Waals surface area contributed by atoms with E-state index in [1.807, 2.05) is 17.8 Å². The van der Waals surface area contributed by atoms with Crippen LogP contribution in [0, 0.1) is 5.92 Å². The molecule has 3 heterocycles. The summed E-state index contributed by atoms with van der Waals surface area (Å²) in [6.45, 7) is 4.42. The predicted molar refractivity (Wildman–Crippen MR) is 90.4 cm³/mol. The van der Waals surface area contributed by atoms with Crippen LogP contribution in [0.1, 0.15) is 44.0 Å². The first-order valence-corrected chi connectivity index (χ1v) is 9.35. The van der Waals surface area contributed by atoms with Crippen molar-refractivity contribution in [2.75, 3.05) is 32.8 Å². The van der Waals surface area contributed by atoms with E-state index < -0.39 is 0 Å². The molecule has 0 unspecified atom stereocenters. The Balaban J connectivity index is 1.38. The van der Waals surface area contributed by atoms with Crippen LogP contribution in [0.4, 0.5) is 0 Å². The number of amides is 1. The topological polar surface area (TPSA) is 50.6 Å². The molecule has 2 aliphatic heterocycles. The molecule has 1 saturated carbocycles. The Hall–Kier alpha value is -1.40. The standard InChI is InChI=1S/C18H28N4O2/c1-20-8-7-19-17(20)16-15(6-13-24-16)18(23)22-11-9-21(10-12-22)14-4-2-3-5-14/h7-8,14-16H,2-6,9-13H2,1H3/t15-,16-/m1/s1. The molecular weight excluding hydrogens is 304 g/mol. The van der Waals surface area contributed by atoms with E-state index in [0.717, 1.165) is 44.5 Å². The van der Waals surface area contributed by atoms with Gasteiger partial charge in [0.25, 0.3) is 0 Å². The summed E-state index contributed by atoms with van der Waals surface area (Å²) in [5.41, 5.74) is 0. The van der Waals surface area contributed by atoms with E-state index >= 15 is 0 Å². The highest BCUT2D eigenvalue weighted by atomic mass is 16.5. The molecule has 4 rings (SSSR count). The number of imidazole rings is 1. The van der Waals surface area contributed by atoms with Gasteiger partial charge in [-0.05, 0) is 19.3 Å². The summed E-state index contributed by atoms with van der Waals surface area (Å²) >= 11 is 0. The number of piperazine rings is 1. The van der Waals surface area contributed by atoms with Gasteiger partial charge in [-0.25, -0.2) is 4.98 Å². The molecule has 1 amide bonds. The first kappa shape index (κ1) is 16.1. The number of ether oxygens (including phenoxy) is 1. The zero-order valence-electron chi connectivity index (χ0n) is 14.6. The second-order valence-electron chi connectivity index (χ2n) is 7.38. The summed E-state index contributed by atoms with van der Waals surface area (Å²) in [6, 6.07) is 0.761. The van der Waals surface area contributed by atoms with Gasteiger partial charge < -0.3 is 14.2 Å². The smallest absolute Gasteiger partial charge is 0.228 e. The molecule has 0 bridgehead atoms. The van der Waals surface area contributed by atoms with Crippen LogP contribution < -0.4 is 0 Å². The van der Waals surface area contributed by atoms with Gasteiger partial charge in [0.2, 0.25) is 5.91 Å². The number of nitrogens with zero attached hydrogens (tertiary/aromatic N) is 4. The minimum absolute atomic E-state index is 0.0795. The summed E-state index contributed by atoms with van der Waals surface area (Å²) in [7, 11) is 1.96. The third-order valence-corrected chi connectivity index (χ3v) is 5.99. The summed E-state index contributed by atoms with van der Waals surface area (Å²) in [6.07, 6.45) is 9.72. The van der Waals surface area contributed by atoms with E-state index in [0.29, 0.717) is 6.61 Å². The molecule has 2 saturated heterocycles. The molecule has 132 valence electrons. The van der Waals surface area contributed by atoms with E-state index in [-0.39, 0.29) is 17.9 Å². The quantitative estimate of drug-likeness (QED) is 0.843. The average Bonchev–Trinajstić information content (AvgIpc) is 3.35. The number of carbonyl (C=O) groups excluding carboxylic acids is 1. The molecule has 0 spiro atoms. The maximum atomic E-state index is 13.0. The number of carbonyl (C=O) groups is 1. The molecule has 0 aromatic carbocycles. The van der Waals surface area contributed by atoms with Crippen LogP contribution in [0.25, 0.3) is 0 Å². The van der Waals surface area contributed by atoms with Gasteiger partial charge in [0.05, 0.1) is 5.92 Å². The second-order valence-corrected chi connectivity index (χ2v) is 7.38. The first-order chi connectivity index (χ1) is 11.7. The number of aromatic nitrogens is 2. The zero-order valence-corrected chi connectivity index (χ0v) is 14.6. The molecule has 3 aliphatic rings. The highest BCUT2D eigenvalue weighted by Crippen LogP contribution is 2.35. The summed E-state index contributed by atoms with van der Waals surface area (Å²) < 4.78 is 7.83. The number of hydrogen-bond donors (Lipinski definition) is 0. The SMILES string of the molecule is Cn1ccnc1[C@@H]1OCC[C@H]1C(=O)N1CCN(C2CCCC2)CC1. The van der Waals surface area contributed by atoms with Crippen LogP contribution >= 0.6 is 0 Å². The molecule has 1 aromatic heterocycles. The van der Waals surface area contributed by atoms with Gasteiger partial charge >= 0.3 is 0 Å². The van der Waals surface area contributed by atoms with Crippen molar-refractivity contribution in [2.45, 2.75) is 44.2 Å². The van der Waals surface area contributed by atoms with Crippen molar-refractivity contribution >= 4 is 5.91 Å². The van der Waals surface area contributed by atoms with E-state index in [4.69, 9.17) is 4.74 Å². The van der Waals surface area contributed by atoms with Crippen LogP contribution in [0.5, 0.6) is 0 Å². The van der Waals surface area contributed by atoms with E-state index in [2.05, 4.69) is 14.8 Å². The fourth-order valence-corrected chi connectivity index (χ4v) is 4.56. The zero-order chi connectivity index (χ0) is 16.5. The third-order valence-electron chi connectivity index (χ3n) is 5.99. The molecule has 1 aromatic rings. The molecular formula is C18H28N4O2. The van der Waals surface area contributed by atoms with Crippen LogP contribution in [-0.2, 0) is 16.6 Å². The molecule has 24 heavy (non-hydrogen) atoms. The monoisotopic (exact) mass is 332 g/mol. The van der Waals surface area contributed by atoms with Gasteiger partial charge in [0, 0.05) is 58.3 Å². The van der Waals surface area contributed by atoms with Gasteiger partial charge in [-0.1, -0.05) is 12.8 Å². The van der Waals surface area contributed by atoms with Crippen molar-refractivity contribution in [3.8, 4) is 0 Å². The minimum Gasteiger partial charge on any atom is -0.369 e. The highest BCUT2D eigenvalue weighted by molar-refractivity contribution is 5.80. The van der Waals surface area contributed by atoms with Crippen LogP contribution in [0.3, 0.4) is 0 Å². The Morgan fingerprint density at radius 1 is 1.17 bits per heavy atom. The van der Waals surface area contributed by atoms with Crippen molar-refractivity contribution in [3.63, 3.8) is 0 Å². The van der Waals surface area contributed by atoms with Crippen LogP contribution in [-0.4, -0.2) is 64.1 Å². The molecule has 0 N–H and O–H groups in total. The molecule has 1 aliphatic carbocycles. The normalized spacial score (nSPS) is 29.5. The molecule has 3 fully saturated rings. The lowest BCUT2D eigenvalue weighted by molar-refractivity contribution is -0.139. The lowest BCUT2D eigenvalue weighted by atomic mass is 9.98. The largest absolute Gasteiger partial charge is 0.369 e. The Bertz CT molecular complexity index is 573. The van der Waals surface area contributed by atoms with Crippen LogP contribution in [0.2, 0.25) is 0 Å². The van der Waals surface area contributed by atoms with Gasteiger partial charge in [-0.3, -0.25) is 9.69 Å². The average molecular weight is 332 g/mol. The van der Waals surface area contributed by atoms with Crippen molar-refractivity contribution in [3.05, 3.63) is 18.2 Å². The summed E-state index contributed by atoms with van der Waals surface area (Å²) in [5, 5.41) is 0. The maximum Gasteiger partial charge on any atom is 0.228 e. The van der Waals surface area contributed by atoms with E-state index in [1.54, 1.807) is 6.20 Å². The van der Waals surface area contributed by atoms with Crippen molar-refractivity contribution in [1.82, 2.24) is 19.4 Å². The molecule has 6 nitrogen and oxygen atoms in total. The van der Waals surface area contributed by atoms with Crippen molar-refractivity contribution in [2.24, 2.45) is 13.0 Å². The summed E-state index contributed by atoms with van der Waals surface area (Å²) in [5.74, 6) is 1.05. The molecule has 0 radical (unpaired) electrons. The van der Waals surface area contributed by atoms with Gasteiger partial charge in [0.15, 0.2) is 0 Å². The first-order valence-electron chi connectivity index (χ1n) is 9.35. The fraction of sp³-hybridized carbons (Fsp3) is 0.778. The number of rotatable bonds is 3. The van der Waals surface area contributed by atoms with Crippen molar-refractivity contribution in [1.29, 1.82) is 0 Å². The Labute approximate surface area is 143 Å². The van der Waals surface area contributed by atoms with E-state index in [9.17, 15) is 4.79 Å². The van der Waals surface area contributed by atoms with Gasteiger partial charge in [-0.15, -0.1) is 0 Å². The van der Waals surface area contributed by atoms with Gasteiger partial charge in [-0.2, -0.15) is 0 Å². The summed E-state index contributed by atoms with van der Waals surface area (Å²) in [4.78, 5) is 22.1. The lowest BCUT2D eigenvalue weighted by Crippen LogP contribution is -2.52. The maximum absolute atomic E-state index is 13.0. The minimum atomic E-state index is -0.189. The predicted octanol–water partition coefficient (Wildman–Crippen LogP) is 1.58. The Morgan fingerprint density at radius 3 is 2.58 bits per heavy atom. The third kappa shape index (κ3) is 2.97. The molecule has 2 atom stereocenters. The number of aryl methyl sites for hydroxylation is 1. The van der Waals surface area contributed by atoms with Crippen LogP contribution in [0.15, 0.2) is 12.4 Å². The fourth-order valence-electron chi connectivity index (χ4n) is 4.56. The highest BCUT2D eigenvalue weighted by Gasteiger charge is 2.40. The molecule has 6 heteroatoms. The second kappa shape index (κ2) is 6.84. The number of hydrogen-bond acceptors (Lipinski definition) is 4. The van der Waals surface area contributed by atoms with E-state index in [1.165, 1.54) is 25.7 Å². The van der Waals surface area contributed by atoms with Gasteiger partial charge in [0.1, 0.15) is 11.9 Å². The Kier molecular flexibility index (Phi) is 4.59. The van der Waals surface area contributed by atoms with Crippen molar-refractivity contribution < 1.29 is 9.53 Å². The lowest BCUT2D eigenvalue weighted by Gasteiger charge is -2.39.